The van der Waals surface area contributed by atoms with Gasteiger partial charge in [-0.25, -0.2) is 0 Å². The molecule has 0 aromatic heterocycles. The maximum Gasteiger partial charge on any atom is 0.124 e. The molecule has 0 fully saturated rings. The third-order valence-electron chi connectivity index (χ3n) is 2.94. The molecule has 1 rings (SSSR count). The van der Waals surface area contributed by atoms with Gasteiger partial charge < -0.3 is 4.74 Å². The van der Waals surface area contributed by atoms with Crippen LogP contribution in [0, 0.1) is 19.3 Å². The summed E-state index contributed by atoms with van der Waals surface area (Å²) in [7, 11) is 0. The molecule has 1 nitrogen and oxygen atoms in total. The van der Waals surface area contributed by atoms with Crippen LogP contribution < -0.4 is 4.74 Å². The molecule has 1 aromatic carbocycles. The predicted octanol–water partition coefficient (Wildman–Crippen LogP) is 6.03. The second-order valence-corrected chi connectivity index (χ2v) is 5.53. The first-order valence-electron chi connectivity index (χ1n) is 7.21. The van der Waals surface area contributed by atoms with Crippen LogP contribution in [0.4, 0.5) is 0 Å². The summed E-state index contributed by atoms with van der Waals surface area (Å²) in [6, 6.07) is 4.16. The fourth-order valence-corrected chi connectivity index (χ4v) is 2.37. The summed E-state index contributed by atoms with van der Waals surface area (Å²) in [4.78, 5) is 0. The molecule has 0 unspecified atom stereocenters. The van der Waals surface area contributed by atoms with Crippen LogP contribution in [0.1, 0.15) is 31.9 Å². The van der Waals surface area contributed by atoms with Crippen LogP contribution in [-0.4, -0.2) is 6.61 Å². The molecule has 0 atom stereocenters. The Hall–Kier alpha value is -1.72. The predicted molar refractivity (Wildman–Crippen MR) is 101 cm³/mol. The number of allylic oxidation sites excluding steroid dienone is 4. The average Bonchev–Trinajstić information content (AvgIpc) is 2.49. The molecule has 118 valence electrons. The highest BCUT2D eigenvalue weighted by Gasteiger charge is 2.08. The molecule has 0 aliphatic carbocycles. The first kappa shape index (κ1) is 20.3. The first-order valence-corrected chi connectivity index (χ1v) is 8.01. The van der Waals surface area contributed by atoms with Gasteiger partial charge in [-0.15, -0.1) is 12.3 Å². The lowest BCUT2D eigenvalue weighted by molar-refractivity contribution is 0.360. The Bertz CT molecular complexity index is 574. The SMILES string of the molecule is C#CC.C=CCOc1cc(Br)cc(CC(/C=C\C)=C/C)c1C. The third kappa shape index (κ3) is 7.33. The molecule has 0 aliphatic heterocycles. The van der Waals surface area contributed by atoms with Gasteiger partial charge in [-0.05, 0) is 62.9 Å². The Morgan fingerprint density at radius 1 is 1.41 bits per heavy atom. The van der Waals surface area contributed by atoms with Crippen molar-refractivity contribution in [1.29, 1.82) is 0 Å². The van der Waals surface area contributed by atoms with Gasteiger partial charge >= 0.3 is 0 Å². The number of ether oxygens (including phenoxy) is 1. The third-order valence-corrected chi connectivity index (χ3v) is 3.39. The van der Waals surface area contributed by atoms with Crippen LogP contribution in [0.3, 0.4) is 0 Å². The molecule has 0 amide bonds. The van der Waals surface area contributed by atoms with Crippen molar-refractivity contribution in [3.05, 3.63) is 64.2 Å². The molecule has 0 radical (unpaired) electrons. The van der Waals surface area contributed by atoms with Gasteiger partial charge in [0.2, 0.25) is 0 Å². The average molecular weight is 361 g/mol. The van der Waals surface area contributed by atoms with E-state index in [1.54, 1.807) is 13.0 Å². The number of halogens is 1. The fraction of sp³-hybridized carbons (Fsp3) is 0.300. The van der Waals surface area contributed by atoms with Crippen LogP contribution in [-0.2, 0) is 6.42 Å². The van der Waals surface area contributed by atoms with E-state index in [-0.39, 0.29) is 0 Å². The molecule has 0 spiro atoms. The highest BCUT2D eigenvalue weighted by atomic mass is 79.9. The van der Waals surface area contributed by atoms with Crippen molar-refractivity contribution in [2.45, 2.75) is 34.1 Å². The summed E-state index contributed by atoms with van der Waals surface area (Å²) in [5.74, 6) is 3.17. The Kier molecular flexibility index (Phi) is 11.0. The van der Waals surface area contributed by atoms with E-state index in [2.05, 4.69) is 73.0 Å². The summed E-state index contributed by atoms with van der Waals surface area (Å²) in [6.07, 6.45) is 13.6. The quantitative estimate of drug-likeness (QED) is 0.342. The lowest BCUT2D eigenvalue weighted by Crippen LogP contribution is -1.99. The van der Waals surface area contributed by atoms with Crippen molar-refractivity contribution in [1.82, 2.24) is 0 Å². The minimum absolute atomic E-state index is 0.530. The maximum absolute atomic E-state index is 5.70. The topological polar surface area (TPSA) is 9.23 Å². The molecule has 22 heavy (non-hydrogen) atoms. The summed E-state index contributed by atoms with van der Waals surface area (Å²) < 4.78 is 6.74. The van der Waals surface area contributed by atoms with Crippen molar-refractivity contribution in [2.24, 2.45) is 0 Å². The van der Waals surface area contributed by atoms with E-state index in [1.165, 1.54) is 16.7 Å². The molecule has 0 N–H and O–H groups in total. The van der Waals surface area contributed by atoms with Crippen molar-refractivity contribution in [3.8, 4) is 18.1 Å². The van der Waals surface area contributed by atoms with E-state index in [0.29, 0.717) is 6.61 Å². The normalized spacial score (nSPS) is 10.6. The van der Waals surface area contributed by atoms with Gasteiger partial charge in [0, 0.05) is 4.47 Å². The van der Waals surface area contributed by atoms with Crippen LogP contribution in [0.15, 0.2) is 53.1 Å². The van der Waals surface area contributed by atoms with Crippen LogP contribution in [0.25, 0.3) is 0 Å². The number of terminal acetylenes is 1. The first-order chi connectivity index (χ1) is 10.5. The summed E-state index contributed by atoms with van der Waals surface area (Å²) in [5.41, 5.74) is 3.77. The number of hydrogen-bond donors (Lipinski definition) is 0. The van der Waals surface area contributed by atoms with Gasteiger partial charge in [0.1, 0.15) is 12.4 Å². The van der Waals surface area contributed by atoms with Gasteiger partial charge in [0.25, 0.3) is 0 Å². The minimum Gasteiger partial charge on any atom is -0.489 e. The zero-order valence-electron chi connectivity index (χ0n) is 13.9. The van der Waals surface area contributed by atoms with Crippen molar-refractivity contribution in [2.75, 3.05) is 6.61 Å². The zero-order chi connectivity index (χ0) is 17.0. The lowest BCUT2D eigenvalue weighted by atomic mass is 9.99. The minimum atomic E-state index is 0.530. The Labute approximate surface area is 143 Å². The molecule has 0 heterocycles. The standard InChI is InChI=1S/C17H21BrO.C3H4/c1-5-8-14(7-3)10-15-11-16(18)12-17(13(15)4)19-9-6-2;1-3-2/h5-8,11-12H,2,9-10H2,1,3-4H3;1H,2H3/b8-5-,14-7+;. The molecule has 1 aromatic rings. The molecule has 0 saturated carbocycles. The van der Waals surface area contributed by atoms with Gasteiger partial charge in [-0.1, -0.05) is 46.8 Å². The molecular weight excluding hydrogens is 336 g/mol. The second kappa shape index (κ2) is 11.9. The molecule has 2 heteroatoms. The molecule has 0 saturated heterocycles. The van der Waals surface area contributed by atoms with Gasteiger partial charge in [-0.2, -0.15) is 0 Å². The largest absolute Gasteiger partial charge is 0.489 e. The monoisotopic (exact) mass is 360 g/mol. The van der Waals surface area contributed by atoms with Gasteiger partial charge in [0.05, 0.1) is 0 Å². The van der Waals surface area contributed by atoms with E-state index >= 15 is 0 Å². The number of hydrogen-bond acceptors (Lipinski definition) is 1. The highest BCUT2D eigenvalue weighted by Crippen LogP contribution is 2.29. The lowest BCUT2D eigenvalue weighted by Gasteiger charge is -2.13. The van der Waals surface area contributed by atoms with Gasteiger partial charge in [-0.3, -0.25) is 0 Å². The Morgan fingerprint density at radius 3 is 2.55 bits per heavy atom. The Balaban J connectivity index is 0.00000135. The van der Waals surface area contributed by atoms with Crippen LogP contribution in [0.5, 0.6) is 5.75 Å². The van der Waals surface area contributed by atoms with E-state index in [0.717, 1.165) is 16.6 Å². The van der Waals surface area contributed by atoms with E-state index in [9.17, 15) is 0 Å². The van der Waals surface area contributed by atoms with Crippen molar-refractivity contribution in [3.63, 3.8) is 0 Å². The van der Waals surface area contributed by atoms with E-state index in [4.69, 9.17) is 4.74 Å². The summed E-state index contributed by atoms with van der Waals surface area (Å²) >= 11 is 3.55. The van der Waals surface area contributed by atoms with Crippen molar-refractivity contribution < 1.29 is 4.74 Å². The Morgan fingerprint density at radius 2 is 2.05 bits per heavy atom. The zero-order valence-corrected chi connectivity index (χ0v) is 15.5. The molecular formula is C20H25BrO. The maximum atomic E-state index is 5.70. The summed E-state index contributed by atoms with van der Waals surface area (Å²) in [5, 5.41) is 0. The van der Waals surface area contributed by atoms with Gasteiger partial charge in [0.15, 0.2) is 0 Å². The van der Waals surface area contributed by atoms with Crippen LogP contribution in [0.2, 0.25) is 0 Å². The highest BCUT2D eigenvalue weighted by molar-refractivity contribution is 9.10. The number of benzene rings is 1. The summed E-state index contributed by atoms with van der Waals surface area (Å²) in [6.45, 7) is 12.1. The van der Waals surface area contributed by atoms with Crippen molar-refractivity contribution >= 4 is 15.9 Å². The van der Waals surface area contributed by atoms with E-state index in [1.807, 2.05) is 13.0 Å². The molecule has 0 bridgehead atoms. The van der Waals surface area contributed by atoms with E-state index < -0.39 is 0 Å². The number of rotatable bonds is 6. The molecule has 0 aliphatic rings. The van der Waals surface area contributed by atoms with Crippen LogP contribution >= 0.6 is 15.9 Å². The fourth-order valence-electron chi connectivity index (χ4n) is 1.88. The smallest absolute Gasteiger partial charge is 0.124 e. The second-order valence-electron chi connectivity index (χ2n) is 4.62.